The van der Waals surface area contributed by atoms with Gasteiger partial charge >= 0.3 is 0 Å². The van der Waals surface area contributed by atoms with E-state index >= 15 is 0 Å². The molecule has 5 nitrogen and oxygen atoms in total. The molecule has 1 saturated heterocycles. The molecule has 1 amide bonds. The second kappa shape index (κ2) is 8.56. The van der Waals surface area contributed by atoms with E-state index in [4.69, 9.17) is 4.74 Å². The smallest absolute Gasteiger partial charge is 0.238 e. The molecule has 29 heavy (non-hydrogen) atoms. The third kappa shape index (κ3) is 4.16. The van der Waals surface area contributed by atoms with Crippen LogP contribution in [0, 0.1) is 0 Å². The van der Waals surface area contributed by atoms with E-state index in [2.05, 4.69) is 28.4 Å². The molecule has 2 aromatic rings. The van der Waals surface area contributed by atoms with Crippen LogP contribution in [0.1, 0.15) is 43.2 Å². The number of β-amino-alcohol motifs (C(OH)–C–C–N with tert-alkyl or cyclic N) is 1. The average Bonchev–Trinajstić information content (AvgIpc) is 3.36. The van der Waals surface area contributed by atoms with E-state index < -0.39 is 11.6 Å². The molecular weight excluding hydrogens is 364 g/mol. The van der Waals surface area contributed by atoms with Crippen molar-refractivity contribution >= 4 is 5.91 Å². The highest BCUT2D eigenvalue weighted by atomic mass is 16.5. The number of amides is 1. The van der Waals surface area contributed by atoms with Gasteiger partial charge in [-0.05, 0) is 30.9 Å². The number of nitrogens with one attached hydrogen (secondary N) is 1. The second-order valence-electron chi connectivity index (χ2n) is 8.30. The minimum Gasteiger partial charge on any atom is -0.496 e. The Hall–Kier alpha value is -2.37. The first kappa shape index (κ1) is 19.9. The number of ether oxygens (including phenoxy) is 1. The molecule has 154 valence electrons. The van der Waals surface area contributed by atoms with Crippen LogP contribution < -0.4 is 10.1 Å². The van der Waals surface area contributed by atoms with Gasteiger partial charge < -0.3 is 15.2 Å². The van der Waals surface area contributed by atoms with E-state index in [1.807, 2.05) is 36.4 Å². The Morgan fingerprint density at radius 1 is 1.14 bits per heavy atom. The highest BCUT2D eigenvalue weighted by Crippen LogP contribution is 2.43. The number of carbonyl (C=O) groups excluding carboxylic acids is 1. The van der Waals surface area contributed by atoms with Crippen LogP contribution in [0.5, 0.6) is 5.75 Å². The minimum absolute atomic E-state index is 0.00490. The third-order valence-corrected chi connectivity index (χ3v) is 6.35. The van der Waals surface area contributed by atoms with Crippen molar-refractivity contribution in [3.05, 3.63) is 65.7 Å². The van der Waals surface area contributed by atoms with Crippen molar-refractivity contribution < 1.29 is 14.6 Å². The first-order valence-corrected chi connectivity index (χ1v) is 10.5. The van der Waals surface area contributed by atoms with Gasteiger partial charge in [-0.1, -0.05) is 61.4 Å². The molecule has 2 aromatic carbocycles. The molecule has 1 aliphatic carbocycles. The summed E-state index contributed by atoms with van der Waals surface area (Å²) in [5.41, 5.74) is 1.82. The lowest BCUT2D eigenvalue weighted by molar-refractivity contribution is -0.127. The number of aliphatic hydroxyl groups is 1. The van der Waals surface area contributed by atoms with Crippen molar-refractivity contribution in [1.29, 1.82) is 0 Å². The topological polar surface area (TPSA) is 61.8 Å². The highest BCUT2D eigenvalue weighted by molar-refractivity contribution is 5.83. The summed E-state index contributed by atoms with van der Waals surface area (Å²) in [6.07, 6.45) is 3.99. The summed E-state index contributed by atoms with van der Waals surface area (Å²) in [7, 11) is 1.68. The maximum atomic E-state index is 13.4. The molecule has 0 spiro atoms. The highest BCUT2D eigenvalue weighted by Gasteiger charge is 2.43. The Balaban J connectivity index is 1.55. The lowest BCUT2D eigenvalue weighted by atomic mass is 9.87. The van der Waals surface area contributed by atoms with Crippen LogP contribution in [0.2, 0.25) is 0 Å². The predicted octanol–water partition coefficient (Wildman–Crippen LogP) is 3.22. The second-order valence-corrected chi connectivity index (χ2v) is 8.30. The normalized spacial score (nSPS) is 23.8. The van der Waals surface area contributed by atoms with Gasteiger partial charge in [-0.25, -0.2) is 0 Å². The molecule has 2 atom stereocenters. The van der Waals surface area contributed by atoms with Crippen molar-refractivity contribution in [3.8, 4) is 5.75 Å². The van der Waals surface area contributed by atoms with Crippen molar-refractivity contribution in [1.82, 2.24) is 10.2 Å². The van der Waals surface area contributed by atoms with Gasteiger partial charge in [-0.3, -0.25) is 9.69 Å². The van der Waals surface area contributed by atoms with Gasteiger partial charge in [0, 0.05) is 18.7 Å². The maximum absolute atomic E-state index is 13.4. The number of methoxy groups -OCH3 is 1. The number of nitrogens with zero attached hydrogens (tertiary/aromatic N) is 1. The first-order valence-electron chi connectivity index (χ1n) is 10.5. The summed E-state index contributed by atoms with van der Waals surface area (Å²) in [6, 6.07) is 17.8. The fourth-order valence-corrected chi connectivity index (χ4v) is 4.94. The van der Waals surface area contributed by atoms with Crippen molar-refractivity contribution in [2.45, 2.75) is 56.3 Å². The Labute approximate surface area is 172 Å². The molecule has 2 unspecified atom stereocenters. The quantitative estimate of drug-likeness (QED) is 0.790. The monoisotopic (exact) mass is 394 g/mol. The maximum Gasteiger partial charge on any atom is 0.238 e. The zero-order valence-corrected chi connectivity index (χ0v) is 17.0. The molecule has 2 N–H and O–H groups in total. The summed E-state index contributed by atoms with van der Waals surface area (Å²) in [5.74, 6) is 0.826. The number of hydrogen-bond acceptors (Lipinski definition) is 4. The number of benzene rings is 2. The molecule has 1 aliphatic heterocycles. The molecule has 0 bridgehead atoms. The summed E-state index contributed by atoms with van der Waals surface area (Å²) >= 11 is 0. The van der Waals surface area contributed by atoms with Crippen LogP contribution in [0.15, 0.2) is 54.6 Å². The van der Waals surface area contributed by atoms with Crippen LogP contribution in [0.4, 0.5) is 0 Å². The SMILES string of the molecule is COc1ccccc1C1(NC(=O)C2CC(O)CN2Cc2ccccc2)CCCC1. The number of para-hydroxylation sites is 1. The zero-order valence-electron chi connectivity index (χ0n) is 17.0. The molecule has 0 aromatic heterocycles. The minimum atomic E-state index is -0.472. The summed E-state index contributed by atoms with van der Waals surface area (Å²) in [5, 5.41) is 13.7. The number of carbonyl (C=O) groups is 1. The summed E-state index contributed by atoms with van der Waals surface area (Å²) in [6.45, 7) is 1.19. The first-order chi connectivity index (χ1) is 14.1. The number of likely N-dealkylation sites (tertiary alicyclic amines) is 1. The van der Waals surface area contributed by atoms with Gasteiger partial charge in [0.1, 0.15) is 5.75 Å². The zero-order chi connectivity index (χ0) is 20.3. The van der Waals surface area contributed by atoms with Crippen LogP contribution >= 0.6 is 0 Å². The lowest BCUT2D eigenvalue weighted by Crippen LogP contribution is -2.51. The Morgan fingerprint density at radius 2 is 1.83 bits per heavy atom. The van der Waals surface area contributed by atoms with Crippen LogP contribution in [0.3, 0.4) is 0 Å². The molecule has 1 heterocycles. The van der Waals surface area contributed by atoms with E-state index in [9.17, 15) is 9.90 Å². The van der Waals surface area contributed by atoms with Gasteiger partial charge in [0.05, 0.1) is 24.8 Å². The molecule has 1 saturated carbocycles. The number of rotatable bonds is 6. The van der Waals surface area contributed by atoms with Crippen LogP contribution in [-0.2, 0) is 16.9 Å². The van der Waals surface area contributed by atoms with E-state index in [-0.39, 0.29) is 11.9 Å². The standard InChI is InChI=1S/C24H30N2O3/c1-29-22-12-6-5-11-20(22)24(13-7-8-14-24)25-23(28)21-15-19(27)17-26(21)16-18-9-3-2-4-10-18/h2-6,9-12,19,21,27H,7-8,13-17H2,1H3,(H,25,28). The van der Waals surface area contributed by atoms with Crippen molar-refractivity contribution in [2.75, 3.05) is 13.7 Å². The molecule has 5 heteroatoms. The molecular formula is C24H30N2O3. The Bertz CT molecular complexity index is 833. The number of hydrogen-bond donors (Lipinski definition) is 2. The predicted molar refractivity (Wildman–Crippen MR) is 113 cm³/mol. The van der Waals surface area contributed by atoms with E-state index in [0.717, 1.165) is 42.6 Å². The van der Waals surface area contributed by atoms with Crippen LogP contribution in [0.25, 0.3) is 0 Å². The van der Waals surface area contributed by atoms with E-state index in [0.29, 0.717) is 19.5 Å². The van der Waals surface area contributed by atoms with Gasteiger partial charge in [-0.2, -0.15) is 0 Å². The van der Waals surface area contributed by atoms with Crippen molar-refractivity contribution in [2.24, 2.45) is 0 Å². The Kier molecular flexibility index (Phi) is 5.88. The molecule has 0 radical (unpaired) electrons. The molecule has 2 fully saturated rings. The van der Waals surface area contributed by atoms with Crippen molar-refractivity contribution in [3.63, 3.8) is 0 Å². The Morgan fingerprint density at radius 3 is 2.55 bits per heavy atom. The van der Waals surface area contributed by atoms with E-state index in [1.165, 1.54) is 0 Å². The van der Waals surface area contributed by atoms with Crippen LogP contribution in [-0.4, -0.2) is 41.7 Å². The third-order valence-electron chi connectivity index (χ3n) is 6.35. The largest absolute Gasteiger partial charge is 0.496 e. The average molecular weight is 395 g/mol. The number of aliphatic hydroxyl groups excluding tert-OH is 1. The molecule has 2 aliphatic rings. The van der Waals surface area contributed by atoms with Gasteiger partial charge in [-0.15, -0.1) is 0 Å². The van der Waals surface area contributed by atoms with Gasteiger partial charge in [0.25, 0.3) is 0 Å². The fourth-order valence-electron chi connectivity index (χ4n) is 4.94. The summed E-state index contributed by atoms with van der Waals surface area (Å²) in [4.78, 5) is 15.5. The van der Waals surface area contributed by atoms with E-state index in [1.54, 1.807) is 7.11 Å². The summed E-state index contributed by atoms with van der Waals surface area (Å²) < 4.78 is 5.61. The van der Waals surface area contributed by atoms with Gasteiger partial charge in [0.15, 0.2) is 0 Å². The molecule has 4 rings (SSSR count). The van der Waals surface area contributed by atoms with Gasteiger partial charge in [0.2, 0.25) is 5.91 Å². The fraction of sp³-hybridized carbons (Fsp3) is 0.458. The lowest BCUT2D eigenvalue weighted by Gasteiger charge is -2.34.